The average molecular weight is 228 g/mol. The predicted molar refractivity (Wildman–Crippen MR) is 57.2 cm³/mol. The summed E-state index contributed by atoms with van der Waals surface area (Å²) in [4.78, 5) is 0. The Kier molecular flexibility index (Phi) is 4.43. The Morgan fingerprint density at radius 2 is 1.94 bits per heavy atom. The monoisotopic (exact) mass is 228 g/mol. The molecular formula is C12H14F2O2. The van der Waals surface area contributed by atoms with Crippen molar-refractivity contribution in [3.8, 4) is 5.75 Å². The highest BCUT2D eigenvalue weighted by molar-refractivity contribution is 5.31. The van der Waals surface area contributed by atoms with Crippen molar-refractivity contribution in [1.82, 2.24) is 0 Å². The van der Waals surface area contributed by atoms with Crippen molar-refractivity contribution in [1.29, 1.82) is 0 Å². The number of rotatable bonds is 5. The number of aliphatic hydroxyl groups excluding tert-OH is 1. The zero-order valence-electron chi connectivity index (χ0n) is 9.09. The molecule has 16 heavy (non-hydrogen) atoms. The van der Waals surface area contributed by atoms with Crippen LogP contribution in [0.5, 0.6) is 5.75 Å². The molecule has 1 rings (SSSR count). The first kappa shape index (κ1) is 12.6. The van der Waals surface area contributed by atoms with E-state index < -0.39 is 24.0 Å². The van der Waals surface area contributed by atoms with Gasteiger partial charge in [0, 0.05) is 0 Å². The van der Waals surface area contributed by atoms with Gasteiger partial charge in [-0.2, -0.15) is 0 Å². The van der Waals surface area contributed by atoms with Gasteiger partial charge >= 0.3 is 0 Å². The molecule has 0 bridgehead atoms. The Morgan fingerprint density at radius 1 is 1.38 bits per heavy atom. The maximum atomic E-state index is 13.3. The second kappa shape index (κ2) is 5.61. The summed E-state index contributed by atoms with van der Waals surface area (Å²) in [5.74, 6) is -2.05. The lowest BCUT2D eigenvalue weighted by atomic mass is 10.2. The smallest absolute Gasteiger partial charge is 0.191 e. The van der Waals surface area contributed by atoms with E-state index in [9.17, 15) is 8.78 Å². The molecule has 0 aliphatic heterocycles. The summed E-state index contributed by atoms with van der Waals surface area (Å²) < 4.78 is 31.7. The molecular weight excluding hydrogens is 214 g/mol. The van der Waals surface area contributed by atoms with E-state index in [2.05, 4.69) is 6.58 Å². The summed E-state index contributed by atoms with van der Waals surface area (Å²) in [5.41, 5.74) is 0.932. The second-order valence-electron chi connectivity index (χ2n) is 3.44. The summed E-state index contributed by atoms with van der Waals surface area (Å²) in [6.45, 7) is 5.23. The lowest BCUT2D eigenvalue weighted by molar-refractivity contribution is 0.277. The van der Waals surface area contributed by atoms with Crippen molar-refractivity contribution in [2.75, 3.05) is 6.61 Å². The molecule has 0 saturated carbocycles. The molecule has 2 nitrogen and oxygen atoms in total. The summed E-state index contributed by atoms with van der Waals surface area (Å²) in [6, 6.07) is 2.10. The van der Waals surface area contributed by atoms with E-state index in [1.165, 1.54) is 0 Å². The standard InChI is InChI=1S/C12H14F2O2/c1-3-8(2)7-16-12-10(13)4-9(6-15)5-11(12)14/h4-5,15H,2-3,6-7H2,1H3. The normalized spacial score (nSPS) is 10.2. The zero-order chi connectivity index (χ0) is 12.1. The molecule has 0 fully saturated rings. The van der Waals surface area contributed by atoms with E-state index in [1.54, 1.807) is 0 Å². The number of ether oxygens (including phenoxy) is 1. The van der Waals surface area contributed by atoms with Gasteiger partial charge in [0.05, 0.1) is 6.61 Å². The Morgan fingerprint density at radius 3 is 2.38 bits per heavy atom. The Hall–Kier alpha value is -1.42. The summed E-state index contributed by atoms with van der Waals surface area (Å²) in [5, 5.41) is 8.75. The number of aliphatic hydroxyl groups is 1. The van der Waals surface area contributed by atoms with Crippen LogP contribution in [0.15, 0.2) is 24.3 Å². The van der Waals surface area contributed by atoms with Crippen LogP contribution in [0, 0.1) is 11.6 Å². The van der Waals surface area contributed by atoms with Gasteiger partial charge in [0.2, 0.25) is 0 Å². The highest BCUT2D eigenvalue weighted by atomic mass is 19.1. The van der Waals surface area contributed by atoms with Gasteiger partial charge in [0.15, 0.2) is 17.4 Å². The number of hydrogen-bond donors (Lipinski definition) is 1. The molecule has 0 unspecified atom stereocenters. The minimum atomic E-state index is -0.812. The third kappa shape index (κ3) is 3.03. The molecule has 0 radical (unpaired) electrons. The molecule has 0 spiro atoms. The first-order chi connectivity index (χ1) is 7.58. The molecule has 0 amide bonds. The van der Waals surface area contributed by atoms with Crippen LogP contribution in [-0.2, 0) is 6.61 Å². The van der Waals surface area contributed by atoms with Crippen molar-refractivity contribution in [3.63, 3.8) is 0 Å². The lowest BCUT2D eigenvalue weighted by Gasteiger charge is -2.10. The quantitative estimate of drug-likeness (QED) is 0.785. The average Bonchev–Trinajstić information content (AvgIpc) is 2.27. The Labute approximate surface area is 93.2 Å². The summed E-state index contributed by atoms with van der Waals surface area (Å²) in [7, 11) is 0. The van der Waals surface area contributed by atoms with Crippen molar-refractivity contribution >= 4 is 0 Å². The minimum absolute atomic E-state index is 0.0861. The molecule has 0 heterocycles. The van der Waals surface area contributed by atoms with Crippen LogP contribution in [0.1, 0.15) is 18.9 Å². The van der Waals surface area contributed by atoms with Crippen LogP contribution < -0.4 is 4.74 Å². The van der Waals surface area contributed by atoms with Crippen LogP contribution in [0.25, 0.3) is 0 Å². The van der Waals surface area contributed by atoms with Crippen LogP contribution in [-0.4, -0.2) is 11.7 Å². The number of benzene rings is 1. The second-order valence-corrected chi connectivity index (χ2v) is 3.44. The predicted octanol–water partition coefficient (Wildman–Crippen LogP) is 2.80. The van der Waals surface area contributed by atoms with Gasteiger partial charge in [-0.15, -0.1) is 0 Å². The maximum absolute atomic E-state index is 13.3. The van der Waals surface area contributed by atoms with Crippen molar-refractivity contribution in [3.05, 3.63) is 41.5 Å². The molecule has 0 aliphatic rings. The lowest BCUT2D eigenvalue weighted by Crippen LogP contribution is -2.04. The first-order valence-corrected chi connectivity index (χ1v) is 4.96. The number of halogens is 2. The zero-order valence-corrected chi connectivity index (χ0v) is 9.09. The topological polar surface area (TPSA) is 29.5 Å². The van der Waals surface area contributed by atoms with Crippen LogP contribution >= 0.6 is 0 Å². The van der Waals surface area contributed by atoms with Crippen molar-refractivity contribution in [2.45, 2.75) is 20.0 Å². The van der Waals surface area contributed by atoms with Crippen molar-refractivity contribution in [2.24, 2.45) is 0 Å². The molecule has 0 saturated heterocycles. The van der Waals surface area contributed by atoms with E-state index in [0.29, 0.717) is 6.42 Å². The fraction of sp³-hybridized carbons (Fsp3) is 0.333. The Bertz CT molecular complexity index is 366. The Balaban J connectivity index is 2.84. The van der Waals surface area contributed by atoms with E-state index in [1.807, 2.05) is 6.92 Å². The van der Waals surface area contributed by atoms with Gasteiger partial charge in [-0.3, -0.25) is 0 Å². The molecule has 88 valence electrons. The van der Waals surface area contributed by atoms with Gasteiger partial charge in [0.25, 0.3) is 0 Å². The maximum Gasteiger partial charge on any atom is 0.191 e. The highest BCUT2D eigenvalue weighted by Crippen LogP contribution is 2.23. The summed E-state index contributed by atoms with van der Waals surface area (Å²) >= 11 is 0. The highest BCUT2D eigenvalue weighted by Gasteiger charge is 2.12. The van der Waals surface area contributed by atoms with Crippen LogP contribution in [0.2, 0.25) is 0 Å². The van der Waals surface area contributed by atoms with Crippen LogP contribution in [0.3, 0.4) is 0 Å². The van der Waals surface area contributed by atoms with Gasteiger partial charge in [-0.25, -0.2) is 8.78 Å². The largest absolute Gasteiger partial charge is 0.483 e. The van der Waals surface area contributed by atoms with Crippen LogP contribution in [0.4, 0.5) is 8.78 Å². The first-order valence-electron chi connectivity index (χ1n) is 4.96. The minimum Gasteiger partial charge on any atom is -0.483 e. The molecule has 1 N–H and O–H groups in total. The molecule has 0 aliphatic carbocycles. The fourth-order valence-corrected chi connectivity index (χ4v) is 1.12. The molecule has 1 aromatic rings. The van der Waals surface area contributed by atoms with Gasteiger partial charge in [-0.05, 0) is 29.7 Å². The molecule has 1 aromatic carbocycles. The molecule has 0 atom stereocenters. The summed E-state index contributed by atoms with van der Waals surface area (Å²) in [6.07, 6.45) is 0.692. The van der Waals surface area contributed by atoms with E-state index in [4.69, 9.17) is 9.84 Å². The van der Waals surface area contributed by atoms with Crippen molar-refractivity contribution < 1.29 is 18.6 Å². The SMILES string of the molecule is C=C(CC)COc1c(F)cc(CO)cc1F. The third-order valence-electron chi connectivity index (χ3n) is 2.16. The fourth-order valence-electron chi connectivity index (χ4n) is 1.12. The van der Waals surface area contributed by atoms with Gasteiger partial charge < -0.3 is 9.84 Å². The molecule has 0 aromatic heterocycles. The van der Waals surface area contributed by atoms with E-state index in [0.717, 1.165) is 17.7 Å². The number of hydrogen-bond acceptors (Lipinski definition) is 2. The van der Waals surface area contributed by atoms with E-state index in [-0.39, 0.29) is 12.2 Å². The molecule has 4 heteroatoms. The van der Waals surface area contributed by atoms with Gasteiger partial charge in [-0.1, -0.05) is 13.5 Å². The van der Waals surface area contributed by atoms with Gasteiger partial charge in [0.1, 0.15) is 6.61 Å². The van der Waals surface area contributed by atoms with E-state index >= 15 is 0 Å². The third-order valence-corrected chi connectivity index (χ3v) is 2.16.